The normalized spacial score (nSPS) is 15.2. The van der Waals surface area contributed by atoms with Crippen LogP contribution in [0.25, 0.3) is 0 Å². The van der Waals surface area contributed by atoms with Crippen molar-refractivity contribution in [3.8, 4) is 0 Å². The summed E-state index contributed by atoms with van der Waals surface area (Å²) in [5.41, 5.74) is 0.980. The van der Waals surface area contributed by atoms with Gasteiger partial charge in [-0.05, 0) is 55.8 Å². The van der Waals surface area contributed by atoms with E-state index in [0.717, 1.165) is 5.56 Å². The lowest BCUT2D eigenvalue weighted by molar-refractivity contribution is 0.0730. The number of hydrogen-bond acceptors (Lipinski definition) is 9. The first-order chi connectivity index (χ1) is 17.1. The zero-order valence-electron chi connectivity index (χ0n) is 19.7. The number of sulfone groups is 1. The third-order valence-corrected chi connectivity index (χ3v) is 9.72. The van der Waals surface area contributed by atoms with Crippen LogP contribution >= 0.6 is 0 Å². The van der Waals surface area contributed by atoms with Crippen LogP contribution in [0.3, 0.4) is 0 Å². The van der Waals surface area contributed by atoms with E-state index in [4.69, 9.17) is 9.15 Å². The second-order valence-electron chi connectivity index (χ2n) is 8.41. The molecule has 1 aliphatic rings. The molecule has 3 aromatic rings. The van der Waals surface area contributed by atoms with Crippen LogP contribution in [0.2, 0.25) is 0 Å². The van der Waals surface area contributed by atoms with Gasteiger partial charge < -0.3 is 9.15 Å². The van der Waals surface area contributed by atoms with Crippen LogP contribution in [0, 0.1) is 0 Å². The number of carbonyl (C=O) groups is 1. The van der Waals surface area contributed by atoms with Crippen LogP contribution in [-0.4, -0.2) is 68.8 Å². The summed E-state index contributed by atoms with van der Waals surface area (Å²) in [5, 5.41) is 9.70. The fourth-order valence-electron chi connectivity index (χ4n) is 3.50. The van der Waals surface area contributed by atoms with E-state index in [0.29, 0.717) is 13.2 Å². The molecule has 1 aromatic heterocycles. The van der Waals surface area contributed by atoms with E-state index in [1.54, 1.807) is 26.0 Å². The fraction of sp³-hybridized carbons (Fsp3) is 0.348. The van der Waals surface area contributed by atoms with Crippen LogP contribution in [0.4, 0.5) is 6.01 Å². The van der Waals surface area contributed by atoms with Gasteiger partial charge in [0.15, 0.2) is 9.84 Å². The fourth-order valence-corrected chi connectivity index (χ4v) is 5.97. The van der Waals surface area contributed by atoms with Crippen molar-refractivity contribution in [2.45, 2.75) is 35.3 Å². The van der Waals surface area contributed by atoms with Gasteiger partial charge >= 0.3 is 6.01 Å². The monoisotopic (exact) mass is 534 g/mol. The third kappa shape index (κ3) is 5.64. The number of nitrogens with zero attached hydrogens (tertiary/aromatic N) is 3. The molecule has 13 heteroatoms. The average Bonchev–Trinajstić information content (AvgIpc) is 3.31. The van der Waals surface area contributed by atoms with E-state index in [1.165, 1.54) is 40.7 Å². The number of carbonyl (C=O) groups excluding carboxylic acids is 1. The highest BCUT2D eigenvalue weighted by Crippen LogP contribution is 2.20. The van der Waals surface area contributed by atoms with Crippen molar-refractivity contribution < 1.29 is 30.8 Å². The number of amides is 1. The molecule has 4 rings (SSSR count). The first kappa shape index (κ1) is 25.9. The number of morpholine rings is 1. The quantitative estimate of drug-likeness (QED) is 0.458. The summed E-state index contributed by atoms with van der Waals surface area (Å²) in [6.45, 7) is 4.50. The summed E-state index contributed by atoms with van der Waals surface area (Å²) in [4.78, 5) is 12.9. The number of rotatable bonds is 8. The van der Waals surface area contributed by atoms with Crippen molar-refractivity contribution >= 4 is 31.8 Å². The van der Waals surface area contributed by atoms with Gasteiger partial charge in [-0.15, -0.1) is 5.10 Å². The minimum absolute atomic E-state index is 0.0910. The summed E-state index contributed by atoms with van der Waals surface area (Å²) in [7, 11) is -7.02. The van der Waals surface area contributed by atoms with Gasteiger partial charge in [-0.1, -0.05) is 17.2 Å². The molecule has 0 saturated carbocycles. The molecule has 1 fully saturated rings. The van der Waals surface area contributed by atoms with Gasteiger partial charge in [0.25, 0.3) is 5.91 Å². The van der Waals surface area contributed by atoms with Crippen LogP contribution in [0.15, 0.2) is 62.7 Å². The lowest BCUT2D eigenvalue weighted by atomic mass is 10.1. The highest BCUT2D eigenvalue weighted by molar-refractivity contribution is 7.92. The molecule has 1 N–H and O–H groups in total. The van der Waals surface area contributed by atoms with Crippen molar-refractivity contribution in [1.82, 2.24) is 14.5 Å². The van der Waals surface area contributed by atoms with Crippen molar-refractivity contribution in [2.24, 2.45) is 0 Å². The third-order valence-electron chi connectivity index (χ3n) is 5.64. The Morgan fingerprint density at radius 1 is 0.944 bits per heavy atom. The molecule has 0 bridgehead atoms. The van der Waals surface area contributed by atoms with Gasteiger partial charge in [-0.25, -0.2) is 16.8 Å². The Hall–Kier alpha value is -3.13. The molecule has 1 saturated heterocycles. The van der Waals surface area contributed by atoms with Gasteiger partial charge in [0.2, 0.25) is 15.9 Å². The van der Waals surface area contributed by atoms with Gasteiger partial charge in [-0.2, -0.15) is 4.31 Å². The molecule has 1 aliphatic heterocycles. The van der Waals surface area contributed by atoms with E-state index in [2.05, 4.69) is 15.5 Å². The number of ether oxygens (including phenoxy) is 1. The Labute approximate surface area is 209 Å². The van der Waals surface area contributed by atoms with E-state index in [1.807, 2.05) is 0 Å². The summed E-state index contributed by atoms with van der Waals surface area (Å²) < 4.78 is 62.0. The second kappa shape index (κ2) is 10.5. The maximum absolute atomic E-state index is 12.7. The molecule has 11 nitrogen and oxygen atoms in total. The number of anilines is 1. The minimum atomic E-state index is -3.66. The van der Waals surface area contributed by atoms with Crippen molar-refractivity contribution in [3.63, 3.8) is 0 Å². The Bertz CT molecular complexity index is 1430. The maximum Gasteiger partial charge on any atom is 0.322 e. The molecule has 0 atom stereocenters. The predicted molar refractivity (Wildman–Crippen MR) is 130 cm³/mol. The predicted octanol–water partition coefficient (Wildman–Crippen LogP) is 2.12. The van der Waals surface area contributed by atoms with Gasteiger partial charge in [-0.3, -0.25) is 10.1 Å². The first-order valence-corrected chi connectivity index (χ1v) is 14.2. The Kier molecular flexibility index (Phi) is 7.54. The maximum atomic E-state index is 12.7. The van der Waals surface area contributed by atoms with E-state index >= 15 is 0 Å². The van der Waals surface area contributed by atoms with E-state index in [-0.39, 0.29) is 46.8 Å². The molecule has 2 heterocycles. The number of benzene rings is 2. The van der Waals surface area contributed by atoms with Crippen LogP contribution < -0.4 is 5.32 Å². The second-order valence-corrected chi connectivity index (χ2v) is 12.9. The van der Waals surface area contributed by atoms with Gasteiger partial charge in [0, 0.05) is 18.7 Å². The molecular formula is C23H26N4O7S2. The highest BCUT2D eigenvalue weighted by Gasteiger charge is 2.26. The van der Waals surface area contributed by atoms with Crippen LogP contribution in [-0.2, 0) is 31.0 Å². The van der Waals surface area contributed by atoms with Crippen molar-refractivity contribution in [3.05, 3.63) is 65.5 Å². The number of aromatic nitrogens is 2. The SMILES string of the molecule is CC(C)S(=O)(=O)c1ccc(Cc2nnc(NC(=O)c3ccc(S(=O)(=O)N4CCOCC4)cc3)o2)cc1. The molecule has 0 unspecified atom stereocenters. The number of hydrogen-bond donors (Lipinski definition) is 1. The smallest absolute Gasteiger partial charge is 0.322 e. The Morgan fingerprint density at radius 3 is 2.17 bits per heavy atom. The van der Waals surface area contributed by atoms with E-state index < -0.39 is 31.0 Å². The minimum Gasteiger partial charge on any atom is -0.407 e. The van der Waals surface area contributed by atoms with Crippen molar-refractivity contribution in [2.75, 3.05) is 31.6 Å². The topological polar surface area (TPSA) is 149 Å². The number of nitrogens with one attached hydrogen (secondary N) is 1. The summed E-state index contributed by atoms with van der Waals surface area (Å²) >= 11 is 0. The summed E-state index contributed by atoms with van der Waals surface area (Å²) in [6, 6.07) is 11.9. The summed E-state index contributed by atoms with van der Waals surface area (Å²) in [5.74, 6) is -0.305. The molecule has 2 aromatic carbocycles. The van der Waals surface area contributed by atoms with Crippen LogP contribution in [0.1, 0.15) is 35.7 Å². The molecule has 36 heavy (non-hydrogen) atoms. The number of sulfonamides is 1. The zero-order chi connectivity index (χ0) is 25.9. The Morgan fingerprint density at radius 2 is 1.56 bits per heavy atom. The molecule has 0 spiro atoms. The van der Waals surface area contributed by atoms with Gasteiger partial charge in [0.05, 0.1) is 34.7 Å². The molecule has 192 valence electrons. The van der Waals surface area contributed by atoms with Gasteiger partial charge in [0.1, 0.15) is 0 Å². The Balaban J connectivity index is 1.38. The molecule has 0 aliphatic carbocycles. The van der Waals surface area contributed by atoms with E-state index in [9.17, 15) is 21.6 Å². The van der Waals surface area contributed by atoms with Crippen LogP contribution in [0.5, 0.6) is 0 Å². The first-order valence-electron chi connectivity index (χ1n) is 11.2. The zero-order valence-corrected chi connectivity index (χ0v) is 21.4. The molecular weight excluding hydrogens is 508 g/mol. The molecule has 1 amide bonds. The lowest BCUT2D eigenvalue weighted by Gasteiger charge is -2.26. The highest BCUT2D eigenvalue weighted by atomic mass is 32.2. The summed E-state index contributed by atoms with van der Waals surface area (Å²) in [6.07, 6.45) is 0.249. The molecule has 0 radical (unpaired) electrons. The largest absolute Gasteiger partial charge is 0.407 e. The average molecular weight is 535 g/mol. The lowest BCUT2D eigenvalue weighted by Crippen LogP contribution is -2.40. The standard InChI is InChI=1S/C23H26N4O7S2/c1-16(2)35(29,30)19-7-3-17(4-8-19)15-21-25-26-23(34-21)24-22(28)18-5-9-20(10-6-18)36(31,32)27-11-13-33-14-12-27/h3-10,16H,11-15H2,1-2H3,(H,24,26,28). The van der Waals surface area contributed by atoms with Crippen molar-refractivity contribution in [1.29, 1.82) is 0 Å².